The minimum Gasteiger partial charge on any atom is -0.337 e. The van der Waals surface area contributed by atoms with Crippen molar-refractivity contribution in [3.05, 3.63) is 29.8 Å². The van der Waals surface area contributed by atoms with Gasteiger partial charge in [-0.05, 0) is 45.0 Å². The monoisotopic (exact) mass is 339 g/mol. The van der Waals surface area contributed by atoms with Gasteiger partial charge in [0.1, 0.15) is 0 Å². The number of hydrogen-bond donors (Lipinski definition) is 1. The molecule has 1 N–H and O–H groups in total. The van der Waals surface area contributed by atoms with E-state index in [1.807, 2.05) is 13.8 Å². The predicted molar refractivity (Wildman–Crippen MR) is 89.9 cm³/mol. The van der Waals surface area contributed by atoms with Gasteiger partial charge in [-0.2, -0.15) is 4.31 Å². The standard InChI is InChI=1S/C16H25N3O3S/c1-13(2)18(3)23(21,22)15-7-4-6-14(12-15)16(20)19-10-5-8-17-9-11-19/h4,6-7,12-13,17H,5,8-11H2,1-3H3. The summed E-state index contributed by atoms with van der Waals surface area (Å²) in [6, 6.07) is 6.18. The Hall–Kier alpha value is -1.44. The zero-order valence-corrected chi connectivity index (χ0v) is 14.8. The van der Waals surface area contributed by atoms with Gasteiger partial charge in [-0.25, -0.2) is 8.42 Å². The predicted octanol–water partition coefficient (Wildman–Crippen LogP) is 1.15. The fourth-order valence-corrected chi connectivity index (χ4v) is 3.88. The van der Waals surface area contributed by atoms with E-state index >= 15 is 0 Å². The van der Waals surface area contributed by atoms with Gasteiger partial charge in [-0.15, -0.1) is 0 Å². The van der Waals surface area contributed by atoms with Crippen LogP contribution in [0.2, 0.25) is 0 Å². The number of nitrogens with zero attached hydrogens (tertiary/aromatic N) is 2. The van der Waals surface area contributed by atoms with Crippen molar-refractivity contribution in [2.75, 3.05) is 33.2 Å². The van der Waals surface area contributed by atoms with Crippen molar-refractivity contribution in [2.45, 2.75) is 31.2 Å². The van der Waals surface area contributed by atoms with Crippen molar-refractivity contribution in [3.63, 3.8) is 0 Å². The summed E-state index contributed by atoms with van der Waals surface area (Å²) in [6.45, 7) is 6.63. The van der Waals surface area contributed by atoms with Crippen LogP contribution in [-0.4, -0.2) is 62.8 Å². The molecule has 1 aliphatic heterocycles. The van der Waals surface area contributed by atoms with E-state index in [0.717, 1.165) is 19.5 Å². The second-order valence-electron chi connectivity index (χ2n) is 6.04. The number of carbonyl (C=O) groups is 1. The third-order valence-electron chi connectivity index (χ3n) is 4.11. The van der Waals surface area contributed by atoms with Crippen LogP contribution in [0.15, 0.2) is 29.2 Å². The van der Waals surface area contributed by atoms with Gasteiger partial charge in [0.2, 0.25) is 10.0 Å². The number of carbonyl (C=O) groups excluding carboxylic acids is 1. The zero-order chi connectivity index (χ0) is 17.0. The van der Waals surface area contributed by atoms with E-state index in [-0.39, 0.29) is 16.8 Å². The van der Waals surface area contributed by atoms with Gasteiger partial charge in [0, 0.05) is 38.3 Å². The Kier molecular flexibility index (Phi) is 5.78. The number of rotatable bonds is 4. The number of amides is 1. The van der Waals surface area contributed by atoms with Crippen LogP contribution in [-0.2, 0) is 10.0 Å². The first-order chi connectivity index (χ1) is 10.8. The molecule has 0 aliphatic carbocycles. The highest BCUT2D eigenvalue weighted by Crippen LogP contribution is 2.19. The van der Waals surface area contributed by atoms with Crippen LogP contribution in [0.1, 0.15) is 30.6 Å². The van der Waals surface area contributed by atoms with E-state index in [4.69, 9.17) is 0 Å². The van der Waals surface area contributed by atoms with Gasteiger partial charge in [0.25, 0.3) is 5.91 Å². The summed E-state index contributed by atoms with van der Waals surface area (Å²) >= 11 is 0. The molecule has 6 nitrogen and oxygen atoms in total. The Bertz CT molecular complexity index is 650. The van der Waals surface area contributed by atoms with Gasteiger partial charge in [-0.1, -0.05) is 6.07 Å². The van der Waals surface area contributed by atoms with E-state index in [2.05, 4.69) is 5.32 Å². The highest BCUT2D eigenvalue weighted by atomic mass is 32.2. The molecule has 0 spiro atoms. The maximum Gasteiger partial charge on any atom is 0.253 e. The molecule has 0 unspecified atom stereocenters. The van der Waals surface area contributed by atoms with E-state index in [1.54, 1.807) is 24.1 Å². The van der Waals surface area contributed by atoms with Crippen LogP contribution in [0.4, 0.5) is 0 Å². The van der Waals surface area contributed by atoms with Crippen molar-refractivity contribution < 1.29 is 13.2 Å². The molecule has 1 aliphatic rings. The third-order valence-corrected chi connectivity index (χ3v) is 6.14. The molecule has 1 heterocycles. The fourth-order valence-electron chi connectivity index (χ4n) is 2.46. The second kappa shape index (κ2) is 7.42. The summed E-state index contributed by atoms with van der Waals surface area (Å²) in [5.41, 5.74) is 0.421. The van der Waals surface area contributed by atoms with Crippen LogP contribution < -0.4 is 5.32 Å². The lowest BCUT2D eigenvalue weighted by atomic mass is 10.2. The first-order valence-electron chi connectivity index (χ1n) is 7.92. The fraction of sp³-hybridized carbons (Fsp3) is 0.562. The van der Waals surface area contributed by atoms with E-state index in [0.29, 0.717) is 18.7 Å². The van der Waals surface area contributed by atoms with Crippen LogP contribution in [0.3, 0.4) is 0 Å². The molecule has 1 fully saturated rings. The highest BCUT2D eigenvalue weighted by Gasteiger charge is 2.25. The summed E-state index contributed by atoms with van der Waals surface area (Å²) in [7, 11) is -2.03. The Labute approximate surface area is 138 Å². The molecule has 2 rings (SSSR count). The quantitative estimate of drug-likeness (QED) is 0.893. The summed E-state index contributed by atoms with van der Waals surface area (Å²) in [5, 5.41) is 3.25. The average Bonchev–Trinajstić information content (AvgIpc) is 2.82. The Morgan fingerprint density at radius 3 is 2.70 bits per heavy atom. The second-order valence-corrected chi connectivity index (χ2v) is 8.04. The summed E-state index contributed by atoms with van der Waals surface area (Å²) in [4.78, 5) is 14.6. The maximum atomic E-state index is 12.6. The molecular weight excluding hydrogens is 314 g/mol. The van der Waals surface area contributed by atoms with Gasteiger partial charge in [0.15, 0.2) is 0 Å². The van der Waals surface area contributed by atoms with E-state index < -0.39 is 10.0 Å². The first kappa shape index (κ1) is 17.9. The minimum absolute atomic E-state index is 0.113. The molecule has 1 aromatic rings. The van der Waals surface area contributed by atoms with Gasteiger partial charge in [0.05, 0.1) is 4.90 Å². The summed E-state index contributed by atoms with van der Waals surface area (Å²) < 4.78 is 26.5. The molecule has 0 aromatic heterocycles. The van der Waals surface area contributed by atoms with Crippen molar-refractivity contribution >= 4 is 15.9 Å². The molecule has 0 saturated carbocycles. The SMILES string of the molecule is CC(C)N(C)S(=O)(=O)c1cccc(C(=O)N2CCCNCC2)c1. The van der Waals surface area contributed by atoms with E-state index in [1.165, 1.54) is 16.4 Å². The van der Waals surface area contributed by atoms with Crippen LogP contribution in [0.25, 0.3) is 0 Å². The maximum absolute atomic E-state index is 12.6. The lowest BCUT2D eigenvalue weighted by Gasteiger charge is -2.22. The summed E-state index contributed by atoms with van der Waals surface area (Å²) in [6.07, 6.45) is 0.903. The van der Waals surface area contributed by atoms with Gasteiger partial charge < -0.3 is 10.2 Å². The molecule has 1 aromatic carbocycles. The summed E-state index contributed by atoms with van der Waals surface area (Å²) in [5.74, 6) is -0.113. The van der Waals surface area contributed by atoms with Crippen molar-refractivity contribution in [1.29, 1.82) is 0 Å². The Balaban J connectivity index is 2.27. The van der Waals surface area contributed by atoms with E-state index in [9.17, 15) is 13.2 Å². The van der Waals surface area contributed by atoms with Crippen molar-refractivity contribution in [1.82, 2.24) is 14.5 Å². The van der Waals surface area contributed by atoms with Crippen LogP contribution in [0, 0.1) is 0 Å². The molecule has 1 amide bonds. The number of hydrogen-bond acceptors (Lipinski definition) is 4. The number of benzene rings is 1. The lowest BCUT2D eigenvalue weighted by molar-refractivity contribution is 0.0766. The van der Waals surface area contributed by atoms with Gasteiger partial charge >= 0.3 is 0 Å². The third kappa shape index (κ3) is 4.10. The average molecular weight is 339 g/mol. The van der Waals surface area contributed by atoms with Crippen LogP contribution in [0.5, 0.6) is 0 Å². The molecule has 128 valence electrons. The minimum atomic E-state index is -3.58. The molecule has 0 bridgehead atoms. The molecule has 0 radical (unpaired) electrons. The lowest BCUT2D eigenvalue weighted by Crippen LogP contribution is -2.35. The first-order valence-corrected chi connectivity index (χ1v) is 9.36. The van der Waals surface area contributed by atoms with Crippen molar-refractivity contribution in [3.8, 4) is 0 Å². The normalized spacial score (nSPS) is 16.7. The Morgan fingerprint density at radius 2 is 2.00 bits per heavy atom. The van der Waals surface area contributed by atoms with Crippen LogP contribution >= 0.6 is 0 Å². The molecule has 23 heavy (non-hydrogen) atoms. The smallest absolute Gasteiger partial charge is 0.253 e. The number of nitrogens with one attached hydrogen (secondary N) is 1. The topological polar surface area (TPSA) is 69.7 Å². The largest absolute Gasteiger partial charge is 0.337 e. The highest BCUT2D eigenvalue weighted by molar-refractivity contribution is 7.89. The molecule has 0 atom stereocenters. The molecule has 1 saturated heterocycles. The molecule has 7 heteroatoms. The number of sulfonamides is 1. The van der Waals surface area contributed by atoms with Gasteiger partial charge in [-0.3, -0.25) is 4.79 Å². The zero-order valence-electron chi connectivity index (χ0n) is 13.9. The van der Waals surface area contributed by atoms with Crippen molar-refractivity contribution in [2.24, 2.45) is 0 Å². The Morgan fingerprint density at radius 1 is 1.26 bits per heavy atom. The molecular formula is C16H25N3O3S.